The monoisotopic (exact) mass is 275 g/mol. The number of rotatable bonds is 4. The van der Waals surface area contributed by atoms with Gasteiger partial charge in [-0.25, -0.2) is 0 Å². The van der Waals surface area contributed by atoms with Crippen LogP contribution in [0.1, 0.15) is 53.4 Å². The van der Waals surface area contributed by atoms with E-state index in [2.05, 4.69) is 50.4 Å². The highest BCUT2D eigenvalue weighted by Gasteiger charge is 2.33. The minimum absolute atomic E-state index is 0.378. The number of hydrogen-bond donors (Lipinski definition) is 1. The molecule has 112 valence electrons. The Morgan fingerprint density at radius 2 is 1.75 bits per heavy atom. The molecule has 1 aromatic rings. The minimum atomic E-state index is 0.378. The lowest BCUT2D eigenvalue weighted by atomic mass is 9.69. The fraction of sp³-hybridized carbons (Fsp3) is 0.667. The Morgan fingerprint density at radius 1 is 1.10 bits per heavy atom. The SMILES string of the molecule is CCOc1ccc(NC2CCCCC2C(C)(C)C)cc1. The second-order valence-corrected chi connectivity index (χ2v) is 6.97. The molecule has 20 heavy (non-hydrogen) atoms. The highest BCUT2D eigenvalue weighted by molar-refractivity contribution is 5.47. The molecule has 1 saturated carbocycles. The van der Waals surface area contributed by atoms with Crippen LogP contribution in [0, 0.1) is 11.3 Å². The third kappa shape index (κ3) is 3.91. The molecule has 0 amide bonds. The summed E-state index contributed by atoms with van der Waals surface area (Å²) in [5.41, 5.74) is 1.60. The Balaban J connectivity index is 2.03. The van der Waals surface area contributed by atoms with Gasteiger partial charge >= 0.3 is 0 Å². The molecule has 0 saturated heterocycles. The Labute approximate surface area is 123 Å². The molecule has 2 unspecified atom stereocenters. The van der Waals surface area contributed by atoms with E-state index in [0.29, 0.717) is 11.5 Å². The molecule has 0 spiro atoms. The molecular formula is C18H29NO. The summed E-state index contributed by atoms with van der Waals surface area (Å²) >= 11 is 0. The van der Waals surface area contributed by atoms with E-state index in [1.54, 1.807) is 0 Å². The normalized spacial score (nSPS) is 23.4. The van der Waals surface area contributed by atoms with Crippen molar-refractivity contribution in [2.75, 3.05) is 11.9 Å². The molecule has 0 bridgehead atoms. The molecule has 0 radical (unpaired) electrons. The molecule has 2 rings (SSSR count). The van der Waals surface area contributed by atoms with Crippen molar-refractivity contribution in [1.82, 2.24) is 0 Å². The van der Waals surface area contributed by atoms with Crippen molar-refractivity contribution in [3.63, 3.8) is 0 Å². The summed E-state index contributed by atoms with van der Waals surface area (Å²) in [6, 6.07) is 8.99. The van der Waals surface area contributed by atoms with Gasteiger partial charge in [0.25, 0.3) is 0 Å². The van der Waals surface area contributed by atoms with Crippen LogP contribution in [0.5, 0.6) is 5.75 Å². The molecule has 0 aliphatic heterocycles. The summed E-state index contributed by atoms with van der Waals surface area (Å²) in [7, 11) is 0. The molecule has 0 heterocycles. The third-order valence-corrected chi connectivity index (χ3v) is 4.40. The summed E-state index contributed by atoms with van der Waals surface area (Å²) in [5.74, 6) is 1.71. The zero-order valence-electron chi connectivity index (χ0n) is 13.4. The van der Waals surface area contributed by atoms with Crippen LogP contribution in [0.15, 0.2) is 24.3 Å². The molecular weight excluding hydrogens is 246 g/mol. The van der Waals surface area contributed by atoms with Crippen LogP contribution < -0.4 is 10.1 Å². The Kier molecular flexibility index (Phi) is 4.95. The number of nitrogens with one attached hydrogen (secondary N) is 1. The van der Waals surface area contributed by atoms with Gasteiger partial charge in [0.2, 0.25) is 0 Å². The smallest absolute Gasteiger partial charge is 0.119 e. The molecule has 1 fully saturated rings. The lowest BCUT2D eigenvalue weighted by Gasteiger charge is -2.41. The molecule has 2 heteroatoms. The lowest BCUT2D eigenvalue weighted by molar-refractivity contribution is 0.163. The Hall–Kier alpha value is -1.18. The molecule has 2 atom stereocenters. The zero-order valence-corrected chi connectivity index (χ0v) is 13.4. The van der Waals surface area contributed by atoms with Gasteiger partial charge in [-0.1, -0.05) is 33.6 Å². The predicted molar refractivity (Wildman–Crippen MR) is 86.4 cm³/mol. The maximum Gasteiger partial charge on any atom is 0.119 e. The summed E-state index contributed by atoms with van der Waals surface area (Å²) in [6.45, 7) is 9.85. The van der Waals surface area contributed by atoms with E-state index in [-0.39, 0.29) is 0 Å². The first-order valence-electron chi connectivity index (χ1n) is 8.00. The Bertz CT molecular complexity index is 404. The molecule has 1 aliphatic carbocycles. The fourth-order valence-electron chi connectivity index (χ4n) is 3.37. The first-order valence-corrected chi connectivity index (χ1v) is 8.00. The van der Waals surface area contributed by atoms with Gasteiger partial charge in [-0.3, -0.25) is 0 Å². The van der Waals surface area contributed by atoms with Crippen LogP contribution in [0.4, 0.5) is 5.69 Å². The van der Waals surface area contributed by atoms with Crippen molar-refractivity contribution >= 4 is 5.69 Å². The second kappa shape index (κ2) is 6.51. The van der Waals surface area contributed by atoms with E-state index in [0.717, 1.165) is 18.3 Å². The van der Waals surface area contributed by atoms with E-state index in [1.807, 2.05) is 6.92 Å². The van der Waals surface area contributed by atoms with Gasteiger partial charge in [-0.15, -0.1) is 0 Å². The van der Waals surface area contributed by atoms with E-state index in [1.165, 1.54) is 31.4 Å². The number of hydrogen-bond acceptors (Lipinski definition) is 2. The highest BCUT2D eigenvalue weighted by atomic mass is 16.5. The largest absolute Gasteiger partial charge is 0.494 e. The van der Waals surface area contributed by atoms with Gasteiger partial charge in [0.15, 0.2) is 0 Å². The zero-order chi connectivity index (χ0) is 14.6. The van der Waals surface area contributed by atoms with Crippen molar-refractivity contribution in [2.24, 2.45) is 11.3 Å². The van der Waals surface area contributed by atoms with Crippen LogP contribution in [-0.4, -0.2) is 12.6 Å². The average molecular weight is 275 g/mol. The van der Waals surface area contributed by atoms with Crippen molar-refractivity contribution in [3.05, 3.63) is 24.3 Å². The van der Waals surface area contributed by atoms with Crippen LogP contribution in [0.3, 0.4) is 0 Å². The van der Waals surface area contributed by atoms with Gasteiger partial charge in [0, 0.05) is 11.7 Å². The summed E-state index contributed by atoms with van der Waals surface area (Å²) < 4.78 is 5.50. The molecule has 2 nitrogen and oxygen atoms in total. The molecule has 1 aliphatic rings. The minimum Gasteiger partial charge on any atom is -0.494 e. The average Bonchev–Trinajstić information content (AvgIpc) is 2.41. The van der Waals surface area contributed by atoms with Crippen LogP contribution >= 0.6 is 0 Å². The predicted octanol–water partition coefficient (Wildman–Crippen LogP) is 5.10. The van der Waals surface area contributed by atoms with Crippen LogP contribution in [0.2, 0.25) is 0 Å². The lowest BCUT2D eigenvalue weighted by Crippen LogP contribution is -2.39. The van der Waals surface area contributed by atoms with E-state index in [4.69, 9.17) is 4.74 Å². The summed E-state index contributed by atoms with van der Waals surface area (Å²) in [6.07, 6.45) is 5.36. The van der Waals surface area contributed by atoms with Gasteiger partial charge in [-0.05, 0) is 55.4 Å². The van der Waals surface area contributed by atoms with Gasteiger partial charge in [0.1, 0.15) is 5.75 Å². The number of ether oxygens (including phenoxy) is 1. The number of anilines is 1. The second-order valence-electron chi connectivity index (χ2n) is 6.97. The van der Waals surface area contributed by atoms with Gasteiger partial charge in [0.05, 0.1) is 6.61 Å². The third-order valence-electron chi connectivity index (χ3n) is 4.40. The molecule has 0 aromatic heterocycles. The standard InChI is InChI=1S/C18H29NO/c1-5-20-15-12-10-14(11-13-15)19-17-9-7-6-8-16(17)18(2,3)4/h10-13,16-17,19H,5-9H2,1-4H3. The maximum absolute atomic E-state index is 5.50. The van der Waals surface area contributed by atoms with Gasteiger partial charge in [-0.2, -0.15) is 0 Å². The number of benzene rings is 1. The quantitative estimate of drug-likeness (QED) is 0.825. The topological polar surface area (TPSA) is 21.3 Å². The first kappa shape index (κ1) is 15.2. The van der Waals surface area contributed by atoms with E-state index >= 15 is 0 Å². The van der Waals surface area contributed by atoms with Crippen molar-refractivity contribution in [2.45, 2.75) is 59.4 Å². The summed E-state index contributed by atoms with van der Waals surface area (Å²) in [5, 5.41) is 3.75. The van der Waals surface area contributed by atoms with Crippen molar-refractivity contribution in [1.29, 1.82) is 0 Å². The Morgan fingerprint density at radius 3 is 2.35 bits per heavy atom. The molecule has 1 aromatic carbocycles. The van der Waals surface area contributed by atoms with E-state index in [9.17, 15) is 0 Å². The van der Waals surface area contributed by atoms with Crippen molar-refractivity contribution < 1.29 is 4.74 Å². The molecule has 1 N–H and O–H groups in total. The maximum atomic E-state index is 5.50. The van der Waals surface area contributed by atoms with Crippen LogP contribution in [-0.2, 0) is 0 Å². The first-order chi connectivity index (χ1) is 9.50. The highest BCUT2D eigenvalue weighted by Crippen LogP contribution is 2.39. The van der Waals surface area contributed by atoms with Gasteiger partial charge < -0.3 is 10.1 Å². The van der Waals surface area contributed by atoms with Crippen LogP contribution in [0.25, 0.3) is 0 Å². The summed E-state index contributed by atoms with van der Waals surface area (Å²) in [4.78, 5) is 0. The van der Waals surface area contributed by atoms with E-state index < -0.39 is 0 Å². The fourth-order valence-corrected chi connectivity index (χ4v) is 3.37. The van der Waals surface area contributed by atoms with Crippen molar-refractivity contribution in [3.8, 4) is 5.75 Å².